The van der Waals surface area contributed by atoms with Gasteiger partial charge in [0.15, 0.2) is 0 Å². The van der Waals surface area contributed by atoms with E-state index in [4.69, 9.17) is 5.73 Å². The van der Waals surface area contributed by atoms with Crippen molar-refractivity contribution in [3.63, 3.8) is 0 Å². The summed E-state index contributed by atoms with van der Waals surface area (Å²) >= 11 is 0. The summed E-state index contributed by atoms with van der Waals surface area (Å²) in [5, 5.41) is 0. The van der Waals surface area contributed by atoms with Gasteiger partial charge in [-0.15, -0.1) is 0 Å². The Morgan fingerprint density at radius 2 is 1.84 bits per heavy atom. The zero-order valence-corrected chi connectivity index (χ0v) is 11.9. The van der Waals surface area contributed by atoms with Crippen molar-refractivity contribution in [3.8, 4) is 0 Å². The van der Waals surface area contributed by atoms with Crippen LogP contribution in [-0.2, 0) is 6.42 Å². The van der Waals surface area contributed by atoms with E-state index in [0.717, 1.165) is 17.7 Å². The van der Waals surface area contributed by atoms with Crippen LogP contribution < -0.4 is 10.6 Å². The van der Waals surface area contributed by atoms with E-state index in [-0.39, 0.29) is 5.82 Å². The second kappa shape index (κ2) is 6.90. The van der Waals surface area contributed by atoms with Gasteiger partial charge in [0, 0.05) is 18.8 Å². The highest BCUT2D eigenvalue weighted by Gasteiger charge is 2.18. The summed E-state index contributed by atoms with van der Waals surface area (Å²) in [5.74, 6) is -0.151. The quantitative estimate of drug-likeness (QED) is 0.844. The van der Waals surface area contributed by atoms with Crippen molar-refractivity contribution in [3.05, 3.63) is 29.6 Å². The van der Waals surface area contributed by atoms with Crippen molar-refractivity contribution in [2.45, 2.75) is 51.0 Å². The number of nitrogens with zero attached hydrogens (tertiary/aromatic N) is 1. The molecule has 0 saturated heterocycles. The maximum absolute atomic E-state index is 13.7. The minimum atomic E-state index is -0.151. The van der Waals surface area contributed by atoms with Gasteiger partial charge in [-0.1, -0.05) is 25.7 Å². The maximum Gasteiger partial charge on any atom is 0.125 e. The number of anilines is 1. The van der Waals surface area contributed by atoms with Crippen molar-refractivity contribution in [1.29, 1.82) is 0 Å². The van der Waals surface area contributed by atoms with Crippen molar-refractivity contribution in [1.82, 2.24) is 0 Å². The van der Waals surface area contributed by atoms with Crippen LogP contribution in [0.25, 0.3) is 0 Å². The monoisotopic (exact) mass is 264 g/mol. The van der Waals surface area contributed by atoms with Crippen LogP contribution in [0.4, 0.5) is 10.1 Å². The Bertz CT molecular complexity index is 398. The molecule has 2 nitrogen and oxygen atoms in total. The lowest BCUT2D eigenvalue weighted by Gasteiger charge is -2.29. The molecule has 0 unspecified atom stereocenters. The lowest BCUT2D eigenvalue weighted by atomic mass is 10.1. The number of nitrogens with two attached hydrogens (primary N) is 1. The van der Waals surface area contributed by atoms with Crippen LogP contribution in [0.5, 0.6) is 0 Å². The highest BCUT2D eigenvalue weighted by Crippen LogP contribution is 2.26. The van der Waals surface area contributed by atoms with Gasteiger partial charge in [-0.3, -0.25) is 0 Å². The molecule has 0 radical (unpaired) electrons. The van der Waals surface area contributed by atoms with E-state index in [0.29, 0.717) is 12.6 Å². The van der Waals surface area contributed by atoms with E-state index in [1.54, 1.807) is 12.1 Å². The molecule has 0 heterocycles. The average molecular weight is 264 g/mol. The topological polar surface area (TPSA) is 29.3 Å². The molecular formula is C16H25FN2. The van der Waals surface area contributed by atoms with E-state index in [9.17, 15) is 4.39 Å². The maximum atomic E-state index is 13.7. The number of hydrogen-bond donors (Lipinski definition) is 1. The predicted molar refractivity (Wildman–Crippen MR) is 79.1 cm³/mol. The first kappa shape index (κ1) is 14.3. The minimum absolute atomic E-state index is 0.151. The molecule has 0 atom stereocenters. The molecule has 3 heteroatoms. The van der Waals surface area contributed by atoms with Crippen LogP contribution in [-0.4, -0.2) is 19.6 Å². The van der Waals surface area contributed by atoms with E-state index < -0.39 is 0 Å². The number of benzene rings is 1. The molecule has 2 N–H and O–H groups in total. The Morgan fingerprint density at radius 1 is 1.16 bits per heavy atom. The first-order valence-electron chi connectivity index (χ1n) is 7.43. The van der Waals surface area contributed by atoms with Gasteiger partial charge in [0.1, 0.15) is 5.82 Å². The molecule has 0 amide bonds. The van der Waals surface area contributed by atoms with Gasteiger partial charge in [0.2, 0.25) is 0 Å². The fraction of sp³-hybridized carbons (Fsp3) is 0.625. The van der Waals surface area contributed by atoms with Gasteiger partial charge in [0.25, 0.3) is 0 Å². The number of hydrogen-bond acceptors (Lipinski definition) is 2. The Balaban J connectivity index is 2.14. The molecule has 1 saturated carbocycles. The van der Waals surface area contributed by atoms with Crippen molar-refractivity contribution in [2.24, 2.45) is 5.73 Å². The van der Waals surface area contributed by atoms with Gasteiger partial charge in [-0.25, -0.2) is 4.39 Å². The van der Waals surface area contributed by atoms with Crippen molar-refractivity contribution >= 4 is 5.69 Å². The van der Waals surface area contributed by atoms with Crippen LogP contribution in [0.3, 0.4) is 0 Å². The SMILES string of the molecule is CN(c1cc(F)cc(CCN)c1)C1CCCCCC1. The fourth-order valence-corrected chi connectivity index (χ4v) is 3.00. The lowest BCUT2D eigenvalue weighted by molar-refractivity contribution is 0.550. The zero-order chi connectivity index (χ0) is 13.7. The molecule has 106 valence electrons. The summed E-state index contributed by atoms with van der Waals surface area (Å²) in [6.45, 7) is 0.566. The molecule has 19 heavy (non-hydrogen) atoms. The highest BCUT2D eigenvalue weighted by molar-refractivity contribution is 5.49. The Kier molecular flexibility index (Phi) is 5.20. The second-order valence-corrected chi connectivity index (χ2v) is 5.61. The summed E-state index contributed by atoms with van der Waals surface area (Å²) in [6, 6.07) is 5.87. The molecule has 0 aliphatic heterocycles. The summed E-state index contributed by atoms with van der Waals surface area (Å²) < 4.78 is 13.7. The van der Waals surface area contributed by atoms with Crippen LogP contribution in [0, 0.1) is 5.82 Å². The fourth-order valence-electron chi connectivity index (χ4n) is 3.00. The summed E-state index contributed by atoms with van der Waals surface area (Å²) in [7, 11) is 2.09. The van der Waals surface area contributed by atoms with Gasteiger partial charge in [-0.2, -0.15) is 0 Å². The second-order valence-electron chi connectivity index (χ2n) is 5.61. The average Bonchev–Trinajstić information content (AvgIpc) is 2.66. The van der Waals surface area contributed by atoms with Gasteiger partial charge < -0.3 is 10.6 Å². The molecule has 2 rings (SSSR count). The van der Waals surface area contributed by atoms with E-state index >= 15 is 0 Å². The number of halogens is 1. The third-order valence-corrected chi connectivity index (χ3v) is 4.16. The third kappa shape index (κ3) is 3.93. The molecule has 0 bridgehead atoms. The molecule has 0 aromatic heterocycles. The smallest absolute Gasteiger partial charge is 0.125 e. The predicted octanol–water partition coefficient (Wildman–Crippen LogP) is 3.49. The van der Waals surface area contributed by atoms with Crippen molar-refractivity contribution < 1.29 is 4.39 Å². The highest BCUT2D eigenvalue weighted by atomic mass is 19.1. The first-order valence-corrected chi connectivity index (χ1v) is 7.43. The van der Waals surface area contributed by atoms with Gasteiger partial charge in [0.05, 0.1) is 0 Å². The Morgan fingerprint density at radius 3 is 2.47 bits per heavy atom. The molecule has 0 spiro atoms. The third-order valence-electron chi connectivity index (χ3n) is 4.16. The normalized spacial score (nSPS) is 17.2. The van der Waals surface area contributed by atoms with Crippen LogP contribution in [0.15, 0.2) is 18.2 Å². The molecule has 1 aliphatic rings. The van der Waals surface area contributed by atoms with E-state index in [1.165, 1.54) is 38.5 Å². The van der Waals surface area contributed by atoms with Crippen LogP contribution >= 0.6 is 0 Å². The van der Waals surface area contributed by atoms with Gasteiger partial charge in [-0.05, 0) is 49.6 Å². The largest absolute Gasteiger partial charge is 0.372 e. The van der Waals surface area contributed by atoms with Crippen LogP contribution in [0.2, 0.25) is 0 Å². The first-order chi connectivity index (χ1) is 9.20. The van der Waals surface area contributed by atoms with Crippen molar-refractivity contribution in [2.75, 3.05) is 18.5 Å². The minimum Gasteiger partial charge on any atom is -0.372 e. The molecule has 1 fully saturated rings. The molecule has 1 aromatic rings. The Hall–Kier alpha value is -1.09. The lowest BCUT2D eigenvalue weighted by Crippen LogP contribution is -2.31. The molecule has 1 aliphatic carbocycles. The van der Waals surface area contributed by atoms with Gasteiger partial charge >= 0.3 is 0 Å². The summed E-state index contributed by atoms with van der Waals surface area (Å²) in [5.41, 5.74) is 7.56. The van der Waals surface area contributed by atoms with Crippen LogP contribution in [0.1, 0.15) is 44.1 Å². The molecule has 1 aromatic carbocycles. The standard InChI is InChI=1S/C16H25FN2/c1-19(15-6-4-2-3-5-7-15)16-11-13(8-9-18)10-14(17)12-16/h10-12,15H,2-9,18H2,1H3. The summed E-state index contributed by atoms with van der Waals surface area (Å²) in [6.07, 6.45) is 8.44. The Labute approximate surface area is 115 Å². The zero-order valence-electron chi connectivity index (χ0n) is 11.9. The summed E-state index contributed by atoms with van der Waals surface area (Å²) in [4.78, 5) is 2.26. The van der Waals surface area contributed by atoms with E-state index in [2.05, 4.69) is 18.0 Å². The molecular weight excluding hydrogens is 239 g/mol. The van der Waals surface area contributed by atoms with E-state index in [1.807, 2.05) is 0 Å². The number of rotatable bonds is 4.